The molecule has 18 heavy (non-hydrogen) atoms. The maximum absolute atomic E-state index is 8.95. The first-order chi connectivity index (χ1) is 8.74. The number of nitriles is 1. The highest BCUT2D eigenvalue weighted by atomic mass is 16.5. The van der Waals surface area contributed by atoms with Crippen LogP contribution in [0.1, 0.15) is 11.3 Å². The van der Waals surface area contributed by atoms with Crippen molar-refractivity contribution in [1.29, 1.82) is 5.26 Å². The summed E-state index contributed by atoms with van der Waals surface area (Å²) in [5, 5.41) is 12.0. The molecule has 1 aromatic carbocycles. The molecule has 90 valence electrons. The van der Waals surface area contributed by atoms with Crippen LogP contribution < -0.4 is 10.1 Å². The van der Waals surface area contributed by atoms with E-state index in [0.717, 1.165) is 17.0 Å². The van der Waals surface area contributed by atoms with Gasteiger partial charge in [-0.05, 0) is 18.6 Å². The fourth-order valence-corrected chi connectivity index (χ4v) is 1.50. The minimum Gasteiger partial charge on any atom is -0.497 e. The average molecular weight is 240 g/mol. The number of hydrogen-bond donors (Lipinski definition) is 1. The SMILES string of the molecule is COc1ccc(C)c(Nc2nccnc2C#N)c1. The largest absolute Gasteiger partial charge is 0.497 e. The van der Waals surface area contributed by atoms with Gasteiger partial charge in [0, 0.05) is 24.1 Å². The van der Waals surface area contributed by atoms with Gasteiger partial charge in [0.25, 0.3) is 0 Å². The van der Waals surface area contributed by atoms with Crippen LogP contribution in [0.2, 0.25) is 0 Å². The van der Waals surface area contributed by atoms with Crippen LogP contribution in [-0.4, -0.2) is 17.1 Å². The molecule has 5 heteroatoms. The Balaban J connectivity index is 2.37. The van der Waals surface area contributed by atoms with E-state index in [0.29, 0.717) is 5.82 Å². The molecule has 0 atom stereocenters. The zero-order valence-corrected chi connectivity index (χ0v) is 10.1. The molecule has 0 saturated heterocycles. The minimum atomic E-state index is 0.264. The second-order valence-corrected chi connectivity index (χ2v) is 3.67. The van der Waals surface area contributed by atoms with Crippen molar-refractivity contribution in [3.8, 4) is 11.8 Å². The third-order valence-corrected chi connectivity index (χ3v) is 2.50. The quantitative estimate of drug-likeness (QED) is 0.892. The van der Waals surface area contributed by atoms with Crippen molar-refractivity contribution >= 4 is 11.5 Å². The molecule has 5 nitrogen and oxygen atoms in total. The van der Waals surface area contributed by atoms with Crippen molar-refractivity contribution in [3.05, 3.63) is 41.9 Å². The molecule has 0 saturated carbocycles. The standard InChI is InChI=1S/C13H12N4O/c1-9-3-4-10(18-2)7-11(9)17-13-12(8-14)15-5-6-16-13/h3-7H,1-2H3,(H,16,17). The van der Waals surface area contributed by atoms with E-state index in [9.17, 15) is 0 Å². The van der Waals surface area contributed by atoms with Crippen molar-refractivity contribution in [2.24, 2.45) is 0 Å². The van der Waals surface area contributed by atoms with E-state index < -0.39 is 0 Å². The highest BCUT2D eigenvalue weighted by Crippen LogP contribution is 2.25. The van der Waals surface area contributed by atoms with Crippen molar-refractivity contribution in [1.82, 2.24) is 9.97 Å². The Kier molecular flexibility index (Phi) is 3.39. The Hall–Kier alpha value is -2.61. The normalized spacial score (nSPS) is 9.61. The van der Waals surface area contributed by atoms with E-state index in [-0.39, 0.29) is 5.69 Å². The van der Waals surface area contributed by atoms with Gasteiger partial charge in [0.1, 0.15) is 11.8 Å². The molecule has 1 heterocycles. The molecule has 0 aliphatic rings. The maximum atomic E-state index is 8.95. The molecule has 0 bridgehead atoms. The van der Waals surface area contributed by atoms with Gasteiger partial charge in [-0.15, -0.1) is 0 Å². The van der Waals surface area contributed by atoms with Gasteiger partial charge in [0.2, 0.25) is 0 Å². The van der Waals surface area contributed by atoms with Crippen LogP contribution in [0.5, 0.6) is 5.75 Å². The van der Waals surface area contributed by atoms with E-state index in [2.05, 4.69) is 15.3 Å². The number of nitrogens with zero attached hydrogens (tertiary/aromatic N) is 3. The molecule has 0 amide bonds. The van der Waals surface area contributed by atoms with E-state index in [1.165, 1.54) is 6.20 Å². The molecule has 0 unspecified atom stereocenters. The first kappa shape index (κ1) is 11.9. The summed E-state index contributed by atoms with van der Waals surface area (Å²) in [6, 6.07) is 7.66. The van der Waals surface area contributed by atoms with E-state index in [1.54, 1.807) is 13.3 Å². The Bertz CT molecular complexity index is 604. The molecule has 2 rings (SSSR count). The van der Waals surface area contributed by atoms with Gasteiger partial charge in [0.15, 0.2) is 11.5 Å². The number of benzene rings is 1. The third-order valence-electron chi connectivity index (χ3n) is 2.50. The minimum absolute atomic E-state index is 0.264. The Morgan fingerprint density at radius 2 is 2.06 bits per heavy atom. The summed E-state index contributed by atoms with van der Waals surface area (Å²) in [5.74, 6) is 1.18. The lowest BCUT2D eigenvalue weighted by Gasteiger charge is -2.10. The fraction of sp³-hybridized carbons (Fsp3) is 0.154. The number of aryl methyl sites for hydroxylation is 1. The summed E-state index contributed by atoms with van der Waals surface area (Å²) < 4.78 is 5.16. The summed E-state index contributed by atoms with van der Waals surface area (Å²) >= 11 is 0. The van der Waals surface area contributed by atoms with Crippen LogP contribution in [0.3, 0.4) is 0 Å². The number of hydrogen-bond acceptors (Lipinski definition) is 5. The highest BCUT2D eigenvalue weighted by molar-refractivity contribution is 5.65. The van der Waals surface area contributed by atoms with E-state index in [1.807, 2.05) is 31.2 Å². The van der Waals surface area contributed by atoms with E-state index in [4.69, 9.17) is 10.00 Å². The van der Waals surface area contributed by atoms with Gasteiger partial charge >= 0.3 is 0 Å². The second kappa shape index (κ2) is 5.15. The molecule has 0 aliphatic heterocycles. The number of ether oxygens (including phenoxy) is 1. The van der Waals surface area contributed by atoms with Crippen molar-refractivity contribution in [2.75, 3.05) is 12.4 Å². The summed E-state index contributed by atoms with van der Waals surface area (Å²) in [7, 11) is 1.61. The summed E-state index contributed by atoms with van der Waals surface area (Å²) in [5.41, 5.74) is 2.14. The molecule has 1 N–H and O–H groups in total. The smallest absolute Gasteiger partial charge is 0.183 e. The molecule has 0 fully saturated rings. The first-order valence-corrected chi connectivity index (χ1v) is 5.37. The predicted octanol–water partition coefficient (Wildman–Crippen LogP) is 2.41. The Morgan fingerprint density at radius 3 is 2.78 bits per heavy atom. The highest BCUT2D eigenvalue weighted by Gasteiger charge is 2.07. The molecule has 1 aromatic heterocycles. The molecular weight excluding hydrogens is 228 g/mol. The number of aromatic nitrogens is 2. The third kappa shape index (κ3) is 2.38. The lowest BCUT2D eigenvalue weighted by Crippen LogP contribution is -2.00. The zero-order valence-electron chi connectivity index (χ0n) is 10.1. The van der Waals surface area contributed by atoms with Gasteiger partial charge in [-0.1, -0.05) is 6.07 Å². The molecule has 0 aliphatic carbocycles. The fourth-order valence-electron chi connectivity index (χ4n) is 1.50. The number of anilines is 2. The Morgan fingerprint density at radius 1 is 1.28 bits per heavy atom. The van der Waals surface area contributed by atoms with Gasteiger partial charge in [-0.3, -0.25) is 0 Å². The van der Waals surface area contributed by atoms with Gasteiger partial charge < -0.3 is 10.1 Å². The van der Waals surface area contributed by atoms with Crippen LogP contribution in [0.25, 0.3) is 0 Å². The maximum Gasteiger partial charge on any atom is 0.183 e. The molecular formula is C13H12N4O. The van der Waals surface area contributed by atoms with Crippen molar-refractivity contribution in [2.45, 2.75) is 6.92 Å². The van der Waals surface area contributed by atoms with Crippen LogP contribution in [0.15, 0.2) is 30.6 Å². The number of nitrogens with one attached hydrogen (secondary N) is 1. The molecule has 2 aromatic rings. The average Bonchev–Trinajstić information content (AvgIpc) is 2.42. The summed E-state index contributed by atoms with van der Waals surface area (Å²) in [6.45, 7) is 1.96. The second-order valence-electron chi connectivity index (χ2n) is 3.67. The topological polar surface area (TPSA) is 70.8 Å². The van der Waals surface area contributed by atoms with Crippen molar-refractivity contribution in [3.63, 3.8) is 0 Å². The van der Waals surface area contributed by atoms with Gasteiger partial charge in [-0.2, -0.15) is 5.26 Å². The van der Waals surface area contributed by atoms with Crippen molar-refractivity contribution < 1.29 is 4.74 Å². The first-order valence-electron chi connectivity index (χ1n) is 5.37. The number of methoxy groups -OCH3 is 1. The summed E-state index contributed by atoms with van der Waals surface area (Å²) in [4.78, 5) is 8.05. The lowest BCUT2D eigenvalue weighted by molar-refractivity contribution is 0.415. The lowest BCUT2D eigenvalue weighted by atomic mass is 10.2. The van der Waals surface area contributed by atoms with Gasteiger partial charge in [-0.25, -0.2) is 9.97 Å². The Labute approximate surface area is 105 Å². The van der Waals surface area contributed by atoms with Crippen LogP contribution in [0, 0.1) is 18.3 Å². The molecule has 0 spiro atoms. The van der Waals surface area contributed by atoms with Gasteiger partial charge in [0.05, 0.1) is 7.11 Å². The van der Waals surface area contributed by atoms with Crippen LogP contribution in [0.4, 0.5) is 11.5 Å². The zero-order chi connectivity index (χ0) is 13.0. The number of rotatable bonds is 3. The predicted molar refractivity (Wildman–Crippen MR) is 67.8 cm³/mol. The van der Waals surface area contributed by atoms with Crippen LogP contribution in [-0.2, 0) is 0 Å². The molecule has 0 radical (unpaired) electrons. The summed E-state index contributed by atoms with van der Waals surface area (Å²) in [6.07, 6.45) is 3.03. The van der Waals surface area contributed by atoms with E-state index >= 15 is 0 Å². The van der Waals surface area contributed by atoms with Crippen LogP contribution >= 0.6 is 0 Å². The monoisotopic (exact) mass is 240 g/mol.